The van der Waals surface area contributed by atoms with Crippen molar-refractivity contribution in [3.05, 3.63) is 255 Å². The van der Waals surface area contributed by atoms with Crippen molar-refractivity contribution in [3.8, 4) is 22.5 Å². The van der Waals surface area contributed by atoms with Gasteiger partial charge in [0, 0.05) is 44.0 Å². The summed E-state index contributed by atoms with van der Waals surface area (Å²) in [7, 11) is -2.96. The minimum Gasteiger partial charge on any atom is -0.353 e. The van der Waals surface area contributed by atoms with E-state index in [2.05, 4.69) is 215 Å². The minimum absolute atomic E-state index is 0.261. The number of hydrogen-bond donors (Lipinski definition) is 1. The van der Waals surface area contributed by atoms with E-state index in [9.17, 15) is 0 Å². The maximum Gasteiger partial charge on any atom is 0.179 e. The molecule has 0 saturated carbocycles. The van der Waals surface area contributed by atoms with Crippen LogP contribution < -0.4 is 26.1 Å². The Morgan fingerprint density at radius 2 is 0.785 bits per heavy atom. The largest absolute Gasteiger partial charge is 0.353 e. The molecule has 2 heterocycles. The van der Waals surface area contributed by atoms with Crippen LogP contribution in [0.4, 0.5) is 15.8 Å². The number of anilines is 2. The van der Waals surface area contributed by atoms with Crippen molar-refractivity contribution < 1.29 is 4.39 Å². The van der Waals surface area contributed by atoms with Gasteiger partial charge < -0.3 is 14.5 Å². The number of rotatable bonds is 9. The molecule has 2 aromatic heterocycles. The fourth-order valence-electron chi connectivity index (χ4n) is 10.3. The van der Waals surface area contributed by atoms with Crippen molar-refractivity contribution in [1.82, 2.24) is 9.13 Å². The van der Waals surface area contributed by atoms with Crippen molar-refractivity contribution in [2.24, 2.45) is 0 Å². The highest BCUT2D eigenvalue weighted by Gasteiger charge is 2.42. The highest BCUT2D eigenvalue weighted by atomic mass is 28.3. The number of fused-ring (bicyclic) bond motifs is 6. The first kappa shape index (κ1) is 38.4. The molecule has 0 aliphatic rings. The molecule has 0 bridgehead atoms. The molecule has 0 spiro atoms. The monoisotopic (exact) mass is 851 g/mol. The second-order valence-corrected chi connectivity index (χ2v) is 20.5. The normalized spacial score (nSPS) is 11.8. The molecule has 10 aromatic carbocycles. The molecule has 308 valence electrons. The van der Waals surface area contributed by atoms with Gasteiger partial charge in [0.1, 0.15) is 5.82 Å². The Bertz CT molecular complexity index is 3560. The lowest BCUT2D eigenvalue weighted by Crippen LogP contribution is -2.74. The summed E-state index contributed by atoms with van der Waals surface area (Å²) in [6, 6.07) is 88.2. The Morgan fingerprint density at radius 3 is 1.37 bits per heavy atom. The topological polar surface area (TPSA) is 21.9 Å². The van der Waals surface area contributed by atoms with Crippen LogP contribution in [0.25, 0.3) is 66.1 Å². The Morgan fingerprint density at radius 1 is 0.323 bits per heavy atom. The molecular formula is C60H42FN3Si. The number of para-hydroxylation sites is 4. The van der Waals surface area contributed by atoms with E-state index in [-0.39, 0.29) is 5.82 Å². The first-order valence-corrected chi connectivity index (χ1v) is 24.1. The highest BCUT2D eigenvalue weighted by molar-refractivity contribution is 7.19. The molecule has 0 aliphatic heterocycles. The molecule has 12 rings (SSSR count). The zero-order valence-electron chi connectivity index (χ0n) is 35.4. The molecule has 12 aromatic rings. The average Bonchev–Trinajstić information content (AvgIpc) is 3.88. The molecule has 0 saturated heterocycles. The second kappa shape index (κ2) is 15.8. The molecule has 0 amide bonds. The number of aromatic nitrogens is 2. The van der Waals surface area contributed by atoms with E-state index in [1.807, 2.05) is 36.4 Å². The van der Waals surface area contributed by atoms with Gasteiger partial charge in [0.25, 0.3) is 0 Å². The van der Waals surface area contributed by atoms with Crippen molar-refractivity contribution in [3.63, 3.8) is 0 Å². The molecule has 65 heavy (non-hydrogen) atoms. The third-order valence-electron chi connectivity index (χ3n) is 13.1. The summed E-state index contributed by atoms with van der Waals surface area (Å²) in [6.45, 7) is 0. The third-order valence-corrected chi connectivity index (χ3v) is 17.9. The van der Waals surface area contributed by atoms with Crippen LogP contribution in [-0.4, -0.2) is 17.2 Å². The Hall–Kier alpha value is -8.25. The zero-order chi connectivity index (χ0) is 43.3. The van der Waals surface area contributed by atoms with E-state index < -0.39 is 8.07 Å². The Balaban J connectivity index is 1.16. The summed E-state index contributed by atoms with van der Waals surface area (Å²) >= 11 is 0. The molecule has 1 N–H and O–H groups in total. The van der Waals surface area contributed by atoms with Gasteiger partial charge in [-0.05, 0) is 81.4 Å². The van der Waals surface area contributed by atoms with E-state index in [1.54, 1.807) is 6.07 Å². The standard InChI is InChI=1S/C60H42FN3Si/c61-53-31-15-10-26-47(53)48-27-11-16-32-54(48)62-55-38-37-46(65(43-20-4-1-5-21-43,44-22-6-2-7-23-44)45-24-8-3-9-25-45)41-60(55)64-58-35-19-14-30-51(58)52-40-42(36-39-59(52)64)63-56-33-17-12-28-49(56)50-29-13-18-34-57(50)63/h1-41,62H. The van der Waals surface area contributed by atoms with E-state index >= 15 is 4.39 Å². The van der Waals surface area contributed by atoms with Crippen LogP contribution in [0.15, 0.2) is 249 Å². The lowest BCUT2D eigenvalue weighted by atomic mass is 10.0. The fourth-order valence-corrected chi connectivity index (χ4v) is 15.1. The van der Waals surface area contributed by atoms with Crippen LogP contribution in [-0.2, 0) is 0 Å². The van der Waals surface area contributed by atoms with Crippen LogP contribution in [0.3, 0.4) is 0 Å². The van der Waals surface area contributed by atoms with Crippen LogP contribution in [0.5, 0.6) is 0 Å². The number of benzene rings is 10. The summed E-state index contributed by atoms with van der Waals surface area (Å²) in [6.07, 6.45) is 0. The number of nitrogens with one attached hydrogen (secondary N) is 1. The SMILES string of the molecule is Fc1ccccc1-c1ccccc1Nc1ccc([Si](c2ccccc2)(c2ccccc2)c2ccccc2)cc1-n1c2ccccc2c2cc(-n3c4ccccc4c4ccccc43)ccc21. The van der Waals surface area contributed by atoms with Gasteiger partial charge in [-0.15, -0.1) is 0 Å². The summed E-state index contributed by atoms with van der Waals surface area (Å²) in [5, 5.41) is 13.8. The van der Waals surface area contributed by atoms with Crippen LogP contribution in [0.1, 0.15) is 0 Å². The number of halogens is 1. The van der Waals surface area contributed by atoms with Crippen molar-refractivity contribution >= 4 is 83.8 Å². The number of hydrogen-bond acceptors (Lipinski definition) is 1. The third kappa shape index (κ3) is 6.23. The quantitative estimate of drug-likeness (QED) is 0.113. The molecule has 0 fully saturated rings. The zero-order valence-corrected chi connectivity index (χ0v) is 36.4. The molecular weight excluding hydrogens is 810 g/mol. The predicted octanol–water partition coefficient (Wildman–Crippen LogP) is 12.8. The van der Waals surface area contributed by atoms with Gasteiger partial charge in [-0.3, -0.25) is 0 Å². The van der Waals surface area contributed by atoms with Gasteiger partial charge >= 0.3 is 0 Å². The second-order valence-electron chi connectivity index (χ2n) is 16.7. The van der Waals surface area contributed by atoms with Crippen molar-refractivity contribution in [2.75, 3.05) is 5.32 Å². The van der Waals surface area contributed by atoms with Gasteiger partial charge in [-0.1, -0.05) is 188 Å². The van der Waals surface area contributed by atoms with E-state index in [0.29, 0.717) is 5.56 Å². The summed E-state index contributed by atoms with van der Waals surface area (Å²) in [4.78, 5) is 0. The molecule has 3 nitrogen and oxygen atoms in total. The number of nitrogens with zero attached hydrogens (tertiary/aromatic N) is 2. The van der Waals surface area contributed by atoms with Gasteiger partial charge in [-0.25, -0.2) is 4.39 Å². The van der Waals surface area contributed by atoms with Gasteiger partial charge in [0.15, 0.2) is 8.07 Å². The molecule has 0 unspecified atom stereocenters. The molecule has 0 radical (unpaired) electrons. The predicted molar refractivity (Wildman–Crippen MR) is 274 cm³/mol. The van der Waals surface area contributed by atoms with Crippen LogP contribution in [0.2, 0.25) is 0 Å². The summed E-state index contributed by atoms with van der Waals surface area (Å²) in [5.41, 5.74) is 9.70. The van der Waals surface area contributed by atoms with Gasteiger partial charge in [-0.2, -0.15) is 0 Å². The summed E-state index contributed by atoms with van der Waals surface area (Å²) in [5.74, 6) is -0.261. The van der Waals surface area contributed by atoms with Gasteiger partial charge in [0.2, 0.25) is 0 Å². The van der Waals surface area contributed by atoms with Crippen LogP contribution in [0, 0.1) is 5.82 Å². The maximum atomic E-state index is 15.6. The first-order chi connectivity index (χ1) is 32.2. The minimum atomic E-state index is -2.96. The first-order valence-electron chi connectivity index (χ1n) is 22.1. The summed E-state index contributed by atoms with van der Waals surface area (Å²) < 4.78 is 20.4. The fraction of sp³-hybridized carbons (Fsp3) is 0. The van der Waals surface area contributed by atoms with Crippen molar-refractivity contribution in [2.45, 2.75) is 0 Å². The average molecular weight is 852 g/mol. The van der Waals surface area contributed by atoms with Crippen LogP contribution >= 0.6 is 0 Å². The van der Waals surface area contributed by atoms with Crippen molar-refractivity contribution in [1.29, 1.82) is 0 Å². The van der Waals surface area contributed by atoms with Gasteiger partial charge in [0.05, 0.1) is 33.4 Å². The van der Waals surface area contributed by atoms with E-state index in [0.717, 1.165) is 50.1 Å². The lowest BCUT2D eigenvalue weighted by Gasteiger charge is -2.35. The van der Waals surface area contributed by atoms with E-state index in [4.69, 9.17) is 0 Å². The maximum absolute atomic E-state index is 15.6. The van der Waals surface area contributed by atoms with E-state index in [1.165, 1.54) is 48.6 Å². The lowest BCUT2D eigenvalue weighted by molar-refractivity contribution is 0.631. The molecule has 0 aliphatic carbocycles. The Labute approximate surface area is 377 Å². The molecule has 0 atom stereocenters. The Kier molecular flexibility index (Phi) is 9.36. The highest BCUT2D eigenvalue weighted by Crippen LogP contribution is 2.40. The molecule has 5 heteroatoms. The smallest absolute Gasteiger partial charge is 0.179 e.